The molecule has 1 aliphatic carbocycles. The molecule has 4 heterocycles. The maximum absolute atomic E-state index is 13.3. The molecule has 2 fully saturated rings. The molecule has 1 unspecified atom stereocenters. The molecule has 7 amide bonds. The fraction of sp³-hybridized carbons (Fsp3) is 0.306. The third kappa shape index (κ3) is 7.56. The summed E-state index contributed by atoms with van der Waals surface area (Å²) in [6.45, 7) is 0.201. The number of methoxy groups -OCH3 is 1. The molecule has 2 aromatic carbocycles. The lowest BCUT2D eigenvalue weighted by Gasteiger charge is -2.27. The maximum Gasteiger partial charge on any atom is 0.273 e. The summed E-state index contributed by atoms with van der Waals surface area (Å²) in [5, 5.41) is 28.9. The second kappa shape index (κ2) is 15.6. The number of hydrogen-bond acceptors (Lipinski definition) is 14. The maximum atomic E-state index is 13.3. The average Bonchev–Trinajstić information content (AvgIpc) is 3.89. The van der Waals surface area contributed by atoms with Gasteiger partial charge in [0.2, 0.25) is 23.6 Å². The Kier molecular flexibility index (Phi) is 10.3. The quantitative estimate of drug-likeness (QED) is 0.0973. The zero-order valence-electron chi connectivity index (χ0n) is 30.2. The van der Waals surface area contributed by atoms with E-state index in [1.54, 1.807) is 30.3 Å². The Morgan fingerprint density at radius 3 is 2.45 bits per heavy atom. The van der Waals surface area contributed by atoms with E-state index in [4.69, 9.17) is 4.74 Å². The van der Waals surface area contributed by atoms with Crippen LogP contribution in [-0.4, -0.2) is 105 Å². The number of amides is 7. The second-order valence-corrected chi connectivity index (χ2v) is 13.1. The van der Waals surface area contributed by atoms with Crippen molar-refractivity contribution in [2.24, 2.45) is 5.92 Å². The first-order valence-corrected chi connectivity index (χ1v) is 17.7. The molecule has 2 aromatic heterocycles. The molecule has 1 saturated heterocycles. The van der Waals surface area contributed by atoms with E-state index in [2.05, 4.69) is 52.2 Å². The highest BCUT2D eigenvalue weighted by atomic mass is 16.5. The summed E-state index contributed by atoms with van der Waals surface area (Å²) in [4.78, 5) is 93.5. The van der Waals surface area contributed by atoms with Crippen molar-refractivity contribution in [3.05, 3.63) is 65.6 Å². The predicted octanol–water partition coefficient (Wildman–Crippen LogP) is 0.825. The number of carbonyl (C=O) groups is 7. The summed E-state index contributed by atoms with van der Waals surface area (Å²) >= 11 is 0. The Bertz CT molecular complexity index is 2290. The first kappa shape index (κ1) is 37.1. The van der Waals surface area contributed by atoms with E-state index in [9.17, 15) is 33.6 Å². The number of para-hydroxylation sites is 1. The topological polar surface area (TPSA) is 261 Å². The highest BCUT2D eigenvalue weighted by Gasteiger charge is 2.45. The first-order chi connectivity index (χ1) is 27.1. The minimum atomic E-state index is -1.11. The van der Waals surface area contributed by atoms with Gasteiger partial charge in [0.15, 0.2) is 23.1 Å². The fourth-order valence-corrected chi connectivity index (χ4v) is 6.32. The molecule has 0 spiro atoms. The molecule has 4 aromatic rings. The molecule has 56 heavy (non-hydrogen) atoms. The third-order valence-corrected chi connectivity index (χ3v) is 9.27. The van der Waals surface area contributed by atoms with Gasteiger partial charge in [0.25, 0.3) is 17.7 Å². The van der Waals surface area contributed by atoms with Crippen molar-refractivity contribution in [2.75, 3.05) is 43.2 Å². The van der Waals surface area contributed by atoms with E-state index < -0.39 is 41.5 Å². The van der Waals surface area contributed by atoms with Crippen LogP contribution in [0.5, 0.6) is 5.75 Å². The highest BCUT2D eigenvalue weighted by molar-refractivity contribution is 6.25. The number of benzene rings is 2. The van der Waals surface area contributed by atoms with Crippen molar-refractivity contribution in [3.8, 4) is 17.1 Å². The molecule has 6 N–H and O–H groups in total. The van der Waals surface area contributed by atoms with E-state index in [1.807, 2.05) is 0 Å². The van der Waals surface area contributed by atoms with E-state index in [-0.39, 0.29) is 78.3 Å². The summed E-state index contributed by atoms with van der Waals surface area (Å²) in [7, 11) is 2.94. The monoisotopic (exact) mass is 764 g/mol. The molecular weight excluding hydrogens is 728 g/mol. The Morgan fingerprint density at radius 1 is 0.946 bits per heavy atom. The lowest BCUT2D eigenvalue weighted by molar-refractivity contribution is -0.136. The number of imide groups is 2. The van der Waals surface area contributed by atoms with Crippen molar-refractivity contribution in [2.45, 2.75) is 38.3 Å². The van der Waals surface area contributed by atoms with Crippen LogP contribution in [0.15, 0.2) is 48.8 Å². The van der Waals surface area contributed by atoms with Crippen LogP contribution in [0.25, 0.3) is 11.4 Å². The molecule has 0 radical (unpaired) electrons. The van der Waals surface area contributed by atoms with Gasteiger partial charge in [-0.1, -0.05) is 12.1 Å². The third-order valence-electron chi connectivity index (χ3n) is 9.27. The summed E-state index contributed by atoms with van der Waals surface area (Å²) < 4.78 is 7.27. The van der Waals surface area contributed by atoms with Crippen molar-refractivity contribution in [3.63, 3.8) is 0 Å². The van der Waals surface area contributed by atoms with Crippen LogP contribution in [0.3, 0.4) is 0 Å². The van der Waals surface area contributed by atoms with Crippen LogP contribution >= 0.6 is 0 Å². The van der Waals surface area contributed by atoms with E-state index >= 15 is 0 Å². The molecule has 3 aliphatic rings. The van der Waals surface area contributed by atoms with Gasteiger partial charge in [-0.15, -0.1) is 10.2 Å². The molecule has 20 heteroatoms. The van der Waals surface area contributed by atoms with E-state index in [0.717, 1.165) is 17.7 Å². The average molecular weight is 765 g/mol. The minimum absolute atomic E-state index is 0.00180. The molecule has 7 rings (SSSR count). The van der Waals surface area contributed by atoms with Gasteiger partial charge in [0.05, 0.1) is 48.3 Å². The van der Waals surface area contributed by atoms with Gasteiger partial charge in [0.1, 0.15) is 12.4 Å². The number of nitrogens with one attached hydrogen (secondary N) is 6. The number of fused-ring (bicyclic) bond motifs is 1. The Hall–Kier alpha value is -7.25. The van der Waals surface area contributed by atoms with Gasteiger partial charge in [-0.05, 0) is 43.5 Å². The molecule has 20 nitrogen and oxygen atoms in total. The smallest absolute Gasteiger partial charge is 0.273 e. The van der Waals surface area contributed by atoms with Gasteiger partial charge in [-0.2, -0.15) is 5.10 Å². The minimum Gasteiger partial charge on any atom is -0.494 e. The van der Waals surface area contributed by atoms with Crippen LogP contribution in [0.4, 0.5) is 22.9 Å². The van der Waals surface area contributed by atoms with Gasteiger partial charge < -0.3 is 31.3 Å². The molecule has 0 bridgehead atoms. The van der Waals surface area contributed by atoms with Gasteiger partial charge in [0, 0.05) is 37.7 Å². The van der Waals surface area contributed by atoms with Crippen LogP contribution < -0.4 is 36.6 Å². The Balaban J connectivity index is 0.970. The normalized spacial score (nSPS) is 16.2. The summed E-state index contributed by atoms with van der Waals surface area (Å²) in [6, 6.07) is 10.2. The summed E-state index contributed by atoms with van der Waals surface area (Å²) in [5.74, 6) is -2.77. The molecular formula is C36H36N12O8. The molecule has 2 aliphatic heterocycles. The number of rotatable bonds is 14. The molecule has 1 saturated carbocycles. The Labute approximate surface area is 318 Å². The van der Waals surface area contributed by atoms with Crippen molar-refractivity contribution in [1.82, 2.24) is 45.8 Å². The number of nitrogens with zero attached hydrogens (tertiary/aromatic N) is 6. The van der Waals surface area contributed by atoms with Crippen molar-refractivity contribution in [1.29, 1.82) is 0 Å². The lowest BCUT2D eigenvalue weighted by atomic mass is 10.0. The number of ether oxygens (including phenoxy) is 1. The zero-order chi connectivity index (χ0) is 39.5. The standard InChI is InChI=1S/C36H36N12O8/c1-37-34(53)29-23(15-25(44-45-29)42-32(51)18-9-10-18)41-22-8-4-6-20(30(22)56-2)31-40-17-47(46-31)14-13-38-27(50)16-39-21-7-3-5-19-28(21)36(55)48(35(19)54)24-11-12-26(49)43-33(24)52/h3-8,15,17-18,24,39H,9-14,16H2,1-2H3,(H,37,53)(H,38,50)(H,43,49,52)(H2,41,42,44,51). The molecule has 1 atom stereocenters. The van der Waals surface area contributed by atoms with Gasteiger partial charge in [-0.25, -0.2) is 4.98 Å². The highest BCUT2D eigenvalue weighted by Crippen LogP contribution is 2.38. The Morgan fingerprint density at radius 2 is 1.71 bits per heavy atom. The van der Waals surface area contributed by atoms with Crippen LogP contribution in [-0.2, 0) is 25.7 Å². The van der Waals surface area contributed by atoms with Gasteiger partial charge >= 0.3 is 0 Å². The molecule has 288 valence electrons. The number of hydrogen-bond donors (Lipinski definition) is 6. The van der Waals surface area contributed by atoms with Gasteiger partial charge in [-0.3, -0.25) is 48.5 Å². The van der Waals surface area contributed by atoms with E-state index in [1.165, 1.54) is 37.3 Å². The largest absolute Gasteiger partial charge is 0.494 e. The zero-order valence-corrected chi connectivity index (χ0v) is 30.2. The first-order valence-electron chi connectivity index (χ1n) is 17.7. The van der Waals surface area contributed by atoms with Crippen molar-refractivity contribution < 1.29 is 38.3 Å². The number of anilines is 4. The van der Waals surface area contributed by atoms with E-state index in [0.29, 0.717) is 22.8 Å². The lowest BCUT2D eigenvalue weighted by Crippen LogP contribution is -2.54. The predicted molar refractivity (Wildman–Crippen MR) is 197 cm³/mol. The van der Waals surface area contributed by atoms with Crippen LogP contribution in [0.1, 0.15) is 56.9 Å². The number of carbonyl (C=O) groups excluding carboxylic acids is 7. The summed E-state index contributed by atoms with van der Waals surface area (Å²) in [6.07, 6.45) is 3.14. The summed E-state index contributed by atoms with van der Waals surface area (Å²) in [5.41, 5.74) is 1.64. The second-order valence-electron chi connectivity index (χ2n) is 13.1. The van der Waals surface area contributed by atoms with Crippen LogP contribution in [0.2, 0.25) is 0 Å². The fourth-order valence-electron chi connectivity index (χ4n) is 6.32. The number of aromatic nitrogens is 5. The SMILES string of the molecule is CNC(=O)c1nnc(NC(=O)C2CC2)cc1Nc1cccc(-c2ncn(CCNC(=O)CNc3cccc4c3C(=O)N(C3CCC(=O)NC3=O)C4=O)n2)c1OC. The van der Waals surface area contributed by atoms with Crippen molar-refractivity contribution >= 4 is 64.2 Å². The number of piperidine rings is 1. The van der Waals surface area contributed by atoms with Crippen LogP contribution in [0, 0.1) is 5.92 Å².